The third-order valence-corrected chi connectivity index (χ3v) is 2.41. The number of benzene rings is 1. The van der Waals surface area contributed by atoms with E-state index in [4.69, 9.17) is 20.9 Å². The van der Waals surface area contributed by atoms with Gasteiger partial charge in [0, 0.05) is 17.7 Å². The summed E-state index contributed by atoms with van der Waals surface area (Å²) in [6.07, 6.45) is 0. The molecule has 6 nitrogen and oxygen atoms in total. The van der Waals surface area contributed by atoms with E-state index in [0.29, 0.717) is 23.0 Å². The molecule has 0 bridgehead atoms. The normalized spacial score (nSPS) is 10.1. The summed E-state index contributed by atoms with van der Waals surface area (Å²) in [5, 5.41) is 0. The molecule has 0 spiro atoms. The van der Waals surface area contributed by atoms with Crippen molar-refractivity contribution in [2.45, 2.75) is 0 Å². The molecule has 18 heavy (non-hydrogen) atoms. The second kappa shape index (κ2) is 4.79. The average Bonchev–Trinajstić information content (AvgIpc) is 2.37. The van der Waals surface area contributed by atoms with Crippen molar-refractivity contribution in [1.82, 2.24) is 9.97 Å². The Morgan fingerprint density at radius 2 is 1.50 bits per heavy atom. The minimum atomic E-state index is 0.131. The third-order valence-electron chi connectivity index (χ3n) is 2.41. The van der Waals surface area contributed by atoms with Crippen LogP contribution >= 0.6 is 0 Å². The molecule has 0 saturated carbocycles. The topological polar surface area (TPSA) is 96.3 Å². The van der Waals surface area contributed by atoms with Crippen molar-refractivity contribution in [1.29, 1.82) is 0 Å². The van der Waals surface area contributed by atoms with E-state index in [-0.39, 0.29) is 5.95 Å². The Hall–Kier alpha value is -2.50. The first-order valence-electron chi connectivity index (χ1n) is 5.26. The average molecular weight is 246 g/mol. The SMILES string of the molecule is COc1cc(OC)cc(-c2cc(N)nc(N)n2)c1. The van der Waals surface area contributed by atoms with Crippen LogP contribution in [-0.2, 0) is 0 Å². The highest BCUT2D eigenvalue weighted by Crippen LogP contribution is 2.29. The molecule has 0 amide bonds. The van der Waals surface area contributed by atoms with Crippen molar-refractivity contribution in [2.75, 3.05) is 25.7 Å². The first-order chi connectivity index (χ1) is 8.62. The quantitative estimate of drug-likeness (QED) is 0.848. The van der Waals surface area contributed by atoms with Crippen LogP contribution < -0.4 is 20.9 Å². The molecule has 94 valence electrons. The van der Waals surface area contributed by atoms with Gasteiger partial charge in [0.1, 0.15) is 17.3 Å². The molecule has 0 radical (unpaired) electrons. The number of nitrogen functional groups attached to an aromatic ring is 2. The van der Waals surface area contributed by atoms with Gasteiger partial charge in [-0.2, -0.15) is 4.98 Å². The summed E-state index contributed by atoms with van der Waals surface area (Å²) in [7, 11) is 3.17. The number of nitrogens with two attached hydrogens (primary N) is 2. The van der Waals surface area contributed by atoms with E-state index in [2.05, 4.69) is 9.97 Å². The molecule has 1 aromatic carbocycles. The lowest BCUT2D eigenvalue weighted by atomic mass is 10.1. The van der Waals surface area contributed by atoms with Gasteiger partial charge in [0.05, 0.1) is 19.9 Å². The largest absolute Gasteiger partial charge is 0.497 e. The summed E-state index contributed by atoms with van der Waals surface area (Å²) in [5.41, 5.74) is 12.6. The van der Waals surface area contributed by atoms with Crippen molar-refractivity contribution in [2.24, 2.45) is 0 Å². The fourth-order valence-electron chi connectivity index (χ4n) is 1.59. The summed E-state index contributed by atoms with van der Waals surface area (Å²) in [6.45, 7) is 0. The minimum absolute atomic E-state index is 0.131. The number of ether oxygens (including phenoxy) is 2. The molecule has 0 aliphatic carbocycles. The molecule has 2 rings (SSSR count). The van der Waals surface area contributed by atoms with Crippen molar-refractivity contribution >= 4 is 11.8 Å². The number of anilines is 2. The second-order valence-corrected chi connectivity index (χ2v) is 3.64. The van der Waals surface area contributed by atoms with Crippen LogP contribution in [0.4, 0.5) is 11.8 Å². The maximum absolute atomic E-state index is 5.64. The van der Waals surface area contributed by atoms with Gasteiger partial charge in [-0.3, -0.25) is 0 Å². The van der Waals surface area contributed by atoms with E-state index in [1.165, 1.54) is 0 Å². The van der Waals surface area contributed by atoms with Crippen LogP contribution in [0, 0.1) is 0 Å². The molecular weight excluding hydrogens is 232 g/mol. The maximum atomic E-state index is 5.64. The van der Waals surface area contributed by atoms with Crippen LogP contribution in [0.3, 0.4) is 0 Å². The van der Waals surface area contributed by atoms with E-state index in [1.807, 2.05) is 12.1 Å². The summed E-state index contributed by atoms with van der Waals surface area (Å²) >= 11 is 0. The molecule has 0 aliphatic rings. The highest BCUT2D eigenvalue weighted by atomic mass is 16.5. The van der Waals surface area contributed by atoms with Gasteiger partial charge < -0.3 is 20.9 Å². The lowest BCUT2D eigenvalue weighted by Crippen LogP contribution is -2.00. The van der Waals surface area contributed by atoms with Crippen LogP contribution in [0.25, 0.3) is 11.3 Å². The molecule has 6 heteroatoms. The molecule has 2 aromatic rings. The molecule has 0 fully saturated rings. The van der Waals surface area contributed by atoms with Gasteiger partial charge in [0.15, 0.2) is 0 Å². The van der Waals surface area contributed by atoms with Gasteiger partial charge >= 0.3 is 0 Å². The van der Waals surface area contributed by atoms with E-state index >= 15 is 0 Å². The van der Waals surface area contributed by atoms with E-state index in [1.54, 1.807) is 26.4 Å². The molecular formula is C12H14N4O2. The predicted molar refractivity (Wildman–Crippen MR) is 69.4 cm³/mol. The third kappa shape index (κ3) is 2.42. The number of nitrogens with zero attached hydrogens (tertiary/aromatic N) is 2. The van der Waals surface area contributed by atoms with Gasteiger partial charge in [0.25, 0.3) is 0 Å². The second-order valence-electron chi connectivity index (χ2n) is 3.64. The summed E-state index contributed by atoms with van der Waals surface area (Å²) in [5.74, 6) is 1.78. The molecule has 0 aliphatic heterocycles. The number of methoxy groups -OCH3 is 2. The minimum Gasteiger partial charge on any atom is -0.497 e. The van der Waals surface area contributed by atoms with Crippen molar-refractivity contribution in [3.05, 3.63) is 24.3 Å². The first kappa shape index (κ1) is 12.0. The van der Waals surface area contributed by atoms with Gasteiger partial charge in [-0.25, -0.2) is 4.98 Å². The van der Waals surface area contributed by atoms with Crippen LogP contribution in [0.5, 0.6) is 11.5 Å². The van der Waals surface area contributed by atoms with Gasteiger partial charge in [0.2, 0.25) is 5.95 Å². The first-order valence-corrected chi connectivity index (χ1v) is 5.26. The standard InChI is InChI=1S/C12H14N4O2/c1-17-8-3-7(4-9(5-8)18-2)10-6-11(13)16-12(14)15-10/h3-6H,1-2H3,(H4,13,14,15,16). The Labute approximate surface area is 105 Å². The van der Waals surface area contributed by atoms with Crippen LogP contribution in [0.1, 0.15) is 0 Å². The zero-order valence-corrected chi connectivity index (χ0v) is 10.2. The van der Waals surface area contributed by atoms with Gasteiger partial charge in [-0.1, -0.05) is 0 Å². The Morgan fingerprint density at radius 3 is 2.00 bits per heavy atom. The van der Waals surface area contributed by atoms with Crippen molar-refractivity contribution < 1.29 is 9.47 Å². The maximum Gasteiger partial charge on any atom is 0.222 e. The van der Waals surface area contributed by atoms with Gasteiger partial charge in [-0.15, -0.1) is 0 Å². The smallest absolute Gasteiger partial charge is 0.222 e. The van der Waals surface area contributed by atoms with E-state index in [0.717, 1.165) is 5.56 Å². The van der Waals surface area contributed by atoms with Crippen LogP contribution in [0.2, 0.25) is 0 Å². The Morgan fingerprint density at radius 1 is 0.889 bits per heavy atom. The highest BCUT2D eigenvalue weighted by molar-refractivity contribution is 5.66. The molecule has 0 atom stereocenters. The summed E-state index contributed by atoms with van der Waals surface area (Å²) in [6, 6.07) is 7.06. The molecule has 1 aromatic heterocycles. The summed E-state index contributed by atoms with van der Waals surface area (Å²) in [4.78, 5) is 7.96. The molecule has 0 saturated heterocycles. The number of hydrogen-bond acceptors (Lipinski definition) is 6. The van der Waals surface area contributed by atoms with E-state index < -0.39 is 0 Å². The van der Waals surface area contributed by atoms with Crippen molar-refractivity contribution in [3.63, 3.8) is 0 Å². The molecule has 4 N–H and O–H groups in total. The fourth-order valence-corrected chi connectivity index (χ4v) is 1.59. The molecule has 0 unspecified atom stereocenters. The number of rotatable bonds is 3. The molecule has 1 heterocycles. The highest BCUT2D eigenvalue weighted by Gasteiger charge is 2.07. The number of hydrogen-bond donors (Lipinski definition) is 2. The van der Waals surface area contributed by atoms with E-state index in [9.17, 15) is 0 Å². The zero-order chi connectivity index (χ0) is 13.1. The predicted octanol–water partition coefficient (Wildman–Crippen LogP) is 1.33. The lowest BCUT2D eigenvalue weighted by Gasteiger charge is -2.08. The van der Waals surface area contributed by atoms with Crippen LogP contribution in [-0.4, -0.2) is 24.2 Å². The Bertz CT molecular complexity index is 529. The zero-order valence-electron chi connectivity index (χ0n) is 10.2. The van der Waals surface area contributed by atoms with Crippen molar-refractivity contribution in [3.8, 4) is 22.8 Å². The monoisotopic (exact) mass is 246 g/mol. The Kier molecular flexibility index (Phi) is 3.18. The lowest BCUT2D eigenvalue weighted by molar-refractivity contribution is 0.394. The fraction of sp³-hybridized carbons (Fsp3) is 0.167. The Balaban J connectivity index is 2.55. The summed E-state index contributed by atoms with van der Waals surface area (Å²) < 4.78 is 10.4. The van der Waals surface area contributed by atoms with Gasteiger partial charge in [-0.05, 0) is 12.1 Å². The number of aromatic nitrogens is 2. The van der Waals surface area contributed by atoms with Crippen LogP contribution in [0.15, 0.2) is 24.3 Å².